The molecule has 1 aliphatic rings. The number of thiophene rings is 1. The van der Waals surface area contributed by atoms with Gasteiger partial charge in [0, 0.05) is 28.4 Å². The van der Waals surface area contributed by atoms with E-state index in [0.29, 0.717) is 25.9 Å². The number of nitrogens with zero attached hydrogens (tertiary/aromatic N) is 1. The van der Waals surface area contributed by atoms with E-state index in [2.05, 4.69) is 15.9 Å². The van der Waals surface area contributed by atoms with Gasteiger partial charge in [0.25, 0.3) is 5.91 Å². The van der Waals surface area contributed by atoms with Crippen molar-refractivity contribution in [3.05, 3.63) is 45.7 Å². The number of halogens is 1. The first-order chi connectivity index (χ1) is 11.0. The third kappa shape index (κ3) is 3.64. The summed E-state index contributed by atoms with van der Waals surface area (Å²) in [6, 6.07) is 11.9. The molecule has 1 aromatic carbocycles. The van der Waals surface area contributed by atoms with Gasteiger partial charge in [0.2, 0.25) is 5.91 Å². The zero-order chi connectivity index (χ0) is 16.4. The largest absolute Gasteiger partial charge is 0.369 e. The topological polar surface area (TPSA) is 63.4 Å². The van der Waals surface area contributed by atoms with Gasteiger partial charge in [-0.25, -0.2) is 0 Å². The molecule has 2 N–H and O–H groups in total. The second kappa shape index (κ2) is 6.84. The number of carbonyl (C=O) groups excluding carboxylic acids is 2. The highest BCUT2D eigenvalue weighted by molar-refractivity contribution is 9.10. The molecule has 0 atom stereocenters. The molecule has 1 aliphatic heterocycles. The second-order valence-corrected chi connectivity index (χ2v) is 7.64. The lowest BCUT2D eigenvalue weighted by Gasteiger charge is -2.30. The van der Waals surface area contributed by atoms with E-state index in [1.807, 2.05) is 41.3 Å². The zero-order valence-electron chi connectivity index (χ0n) is 12.5. The van der Waals surface area contributed by atoms with Crippen molar-refractivity contribution in [2.45, 2.75) is 12.8 Å². The number of carbonyl (C=O) groups is 2. The Bertz CT molecular complexity index is 718. The van der Waals surface area contributed by atoms with Gasteiger partial charge in [-0.15, -0.1) is 11.3 Å². The zero-order valence-corrected chi connectivity index (χ0v) is 14.9. The van der Waals surface area contributed by atoms with Crippen LogP contribution >= 0.6 is 27.3 Å². The van der Waals surface area contributed by atoms with Crippen LogP contribution < -0.4 is 5.73 Å². The van der Waals surface area contributed by atoms with Crippen molar-refractivity contribution in [2.75, 3.05) is 13.1 Å². The molecule has 3 rings (SSSR count). The number of primary amides is 1. The van der Waals surface area contributed by atoms with Crippen molar-refractivity contribution >= 4 is 39.1 Å². The Morgan fingerprint density at radius 2 is 1.74 bits per heavy atom. The minimum atomic E-state index is -0.259. The molecule has 23 heavy (non-hydrogen) atoms. The predicted molar refractivity (Wildman–Crippen MR) is 95.3 cm³/mol. The number of benzene rings is 1. The van der Waals surface area contributed by atoms with Gasteiger partial charge in [-0.2, -0.15) is 0 Å². The van der Waals surface area contributed by atoms with Crippen molar-refractivity contribution < 1.29 is 9.59 Å². The van der Waals surface area contributed by atoms with Gasteiger partial charge in [0.1, 0.15) is 0 Å². The van der Waals surface area contributed by atoms with Crippen LogP contribution in [0.4, 0.5) is 0 Å². The van der Waals surface area contributed by atoms with E-state index in [9.17, 15) is 9.59 Å². The van der Waals surface area contributed by atoms with Gasteiger partial charge in [-0.3, -0.25) is 9.59 Å². The van der Waals surface area contributed by atoms with Gasteiger partial charge in [-0.1, -0.05) is 28.1 Å². The van der Waals surface area contributed by atoms with Crippen LogP contribution in [0, 0.1) is 5.92 Å². The van der Waals surface area contributed by atoms with Crippen molar-refractivity contribution in [3.63, 3.8) is 0 Å². The summed E-state index contributed by atoms with van der Waals surface area (Å²) in [6.07, 6.45) is 1.32. The lowest BCUT2D eigenvalue weighted by atomic mass is 9.96. The molecule has 2 amide bonds. The fraction of sp³-hybridized carbons (Fsp3) is 0.294. The van der Waals surface area contributed by atoms with Crippen molar-refractivity contribution in [2.24, 2.45) is 11.7 Å². The average Bonchev–Trinajstić information content (AvgIpc) is 3.05. The Morgan fingerprint density at radius 3 is 2.35 bits per heavy atom. The van der Waals surface area contributed by atoms with Gasteiger partial charge in [-0.05, 0) is 42.7 Å². The lowest BCUT2D eigenvalue weighted by molar-refractivity contribution is -0.123. The molecule has 120 valence electrons. The quantitative estimate of drug-likeness (QED) is 0.868. The van der Waals surface area contributed by atoms with Gasteiger partial charge >= 0.3 is 0 Å². The Morgan fingerprint density at radius 1 is 1.09 bits per heavy atom. The summed E-state index contributed by atoms with van der Waals surface area (Å²) in [6.45, 7) is 1.19. The third-order valence-corrected chi connectivity index (χ3v) is 5.78. The Kier molecular flexibility index (Phi) is 4.82. The maximum absolute atomic E-state index is 12.6. The van der Waals surface area contributed by atoms with Crippen LogP contribution in [0.3, 0.4) is 0 Å². The molecule has 0 saturated carbocycles. The first-order valence-electron chi connectivity index (χ1n) is 7.49. The molecule has 4 nitrogen and oxygen atoms in total. The Balaban J connectivity index is 1.69. The third-order valence-electron chi connectivity index (χ3n) is 4.13. The number of rotatable bonds is 3. The average molecular weight is 393 g/mol. The number of hydrogen-bond donors (Lipinski definition) is 1. The Labute approximate surface area is 147 Å². The van der Waals surface area contributed by atoms with Crippen LogP contribution in [0.25, 0.3) is 10.4 Å². The molecule has 0 unspecified atom stereocenters. The maximum atomic E-state index is 12.6. The summed E-state index contributed by atoms with van der Waals surface area (Å²) in [5, 5.41) is 0. The standard InChI is InChI=1S/C17H17BrN2O2S/c18-13-3-1-11(2-4-13)14-5-6-15(23-14)17(22)20-9-7-12(8-10-20)16(19)21/h1-6,12H,7-10H2,(H2,19,21). The molecule has 1 saturated heterocycles. The first-order valence-corrected chi connectivity index (χ1v) is 9.10. The molecule has 2 heterocycles. The van der Waals surface area contributed by atoms with Gasteiger partial charge < -0.3 is 10.6 Å². The molecular weight excluding hydrogens is 376 g/mol. The monoisotopic (exact) mass is 392 g/mol. The molecule has 0 bridgehead atoms. The fourth-order valence-electron chi connectivity index (χ4n) is 2.75. The van der Waals surface area contributed by atoms with E-state index in [-0.39, 0.29) is 17.7 Å². The fourth-order valence-corrected chi connectivity index (χ4v) is 3.99. The van der Waals surface area contributed by atoms with Crippen LogP contribution in [-0.4, -0.2) is 29.8 Å². The molecule has 1 fully saturated rings. The molecular formula is C17H17BrN2O2S. The summed E-state index contributed by atoms with van der Waals surface area (Å²) >= 11 is 4.93. The predicted octanol–water partition coefficient (Wildman–Crippen LogP) is 3.52. The normalized spacial score (nSPS) is 15.6. The molecule has 6 heteroatoms. The summed E-state index contributed by atoms with van der Waals surface area (Å²) in [7, 11) is 0. The van der Waals surface area contributed by atoms with E-state index < -0.39 is 0 Å². The number of amides is 2. The maximum Gasteiger partial charge on any atom is 0.263 e. The van der Waals surface area contributed by atoms with Crippen LogP contribution in [0.2, 0.25) is 0 Å². The lowest BCUT2D eigenvalue weighted by Crippen LogP contribution is -2.41. The summed E-state index contributed by atoms with van der Waals surface area (Å²) in [5.74, 6) is -0.312. The number of nitrogens with two attached hydrogens (primary N) is 1. The number of hydrogen-bond acceptors (Lipinski definition) is 3. The van der Waals surface area contributed by atoms with E-state index in [1.54, 1.807) is 0 Å². The Hall–Kier alpha value is -1.66. The van der Waals surface area contributed by atoms with E-state index >= 15 is 0 Å². The van der Waals surface area contributed by atoms with Crippen LogP contribution in [-0.2, 0) is 4.79 Å². The van der Waals surface area contributed by atoms with Crippen molar-refractivity contribution in [3.8, 4) is 10.4 Å². The number of piperidine rings is 1. The highest BCUT2D eigenvalue weighted by atomic mass is 79.9. The molecule has 0 radical (unpaired) electrons. The summed E-state index contributed by atoms with van der Waals surface area (Å²) in [5.41, 5.74) is 6.44. The highest BCUT2D eigenvalue weighted by Gasteiger charge is 2.27. The van der Waals surface area contributed by atoms with Crippen LogP contribution in [0.5, 0.6) is 0 Å². The highest BCUT2D eigenvalue weighted by Crippen LogP contribution is 2.30. The number of likely N-dealkylation sites (tertiary alicyclic amines) is 1. The summed E-state index contributed by atoms with van der Waals surface area (Å²) < 4.78 is 1.03. The van der Waals surface area contributed by atoms with E-state index in [0.717, 1.165) is 19.8 Å². The molecule has 0 aliphatic carbocycles. The first kappa shape index (κ1) is 16.2. The molecule has 1 aromatic heterocycles. The van der Waals surface area contributed by atoms with Gasteiger partial charge in [0.15, 0.2) is 0 Å². The minimum absolute atomic E-state index is 0.0429. The van der Waals surface area contributed by atoms with Crippen LogP contribution in [0.1, 0.15) is 22.5 Å². The van der Waals surface area contributed by atoms with Gasteiger partial charge in [0.05, 0.1) is 4.88 Å². The second-order valence-electron chi connectivity index (χ2n) is 5.64. The SMILES string of the molecule is NC(=O)C1CCN(C(=O)c2ccc(-c3ccc(Br)cc3)s2)CC1. The summed E-state index contributed by atoms with van der Waals surface area (Å²) in [4.78, 5) is 27.4. The van der Waals surface area contributed by atoms with Crippen LogP contribution in [0.15, 0.2) is 40.9 Å². The molecule has 0 spiro atoms. The minimum Gasteiger partial charge on any atom is -0.369 e. The smallest absolute Gasteiger partial charge is 0.263 e. The van der Waals surface area contributed by atoms with Crippen molar-refractivity contribution in [1.29, 1.82) is 0 Å². The van der Waals surface area contributed by atoms with E-state index in [4.69, 9.17) is 5.73 Å². The van der Waals surface area contributed by atoms with Crippen molar-refractivity contribution in [1.82, 2.24) is 4.90 Å². The van der Waals surface area contributed by atoms with E-state index in [1.165, 1.54) is 11.3 Å². The molecule has 2 aromatic rings.